The molecule has 2 heterocycles. The minimum absolute atomic E-state index is 0.268. The van der Waals surface area contributed by atoms with Gasteiger partial charge in [-0.15, -0.1) is 0 Å². The molecule has 0 aliphatic carbocycles. The fourth-order valence-corrected chi connectivity index (χ4v) is 4.10. The highest BCUT2D eigenvalue weighted by molar-refractivity contribution is 5.81. The fraction of sp³-hybridized carbons (Fsp3) is 0.308. The molecule has 3 aromatic rings. The van der Waals surface area contributed by atoms with Crippen molar-refractivity contribution < 1.29 is 8.91 Å². The number of hydrogen-bond donors (Lipinski definition) is 1. The summed E-state index contributed by atoms with van der Waals surface area (Å²) >= 11 is 0. The molecule has 4 rings (SSSR count). The van der Waals surface area contributed by atoms with Gasteiger partial charge in [-0.05, 0) is 50.3 Å². The standard InChI is InChI=1S/C26H29FN4O/c1-18(2)25(20-11-12-22(23(27)15-20)19-9-5-3-6-10-19)24-16-21(32-30-24)17-29-26(28)31-13-7-4-8-14-31/h3,5-6,9-12,15-16H,4,7-8,13-14,17H2,1-2H3,(H2,28,29). The zero-order chi connectivity index (χ0) is 22.5. The molecule has 2 N–H and O–H groups in total. The van der Waals surface area contributed by atoms with E-state index >= 15 is 0 Å². The second kappa shape index (κ2) is 9.81. The number of rotatable bonds is 5. The number of allylic oxidation sites excluding steroid dienone is 1. The van der Waals surface area contributed by atoms with E-state index in [-0.39, 0.29) is 5.82 Å². The van der Waals surface area contributed by atoms with E-state index in [1.165, 1.54) is 6.42 Å². The number of piperidine rings is 1. The van der Waals surface area contributed by atoms with Gasteiger partial charge in [0.05, 0.1) is 0 Å². The van der Waals surface area contributed by atoms with Crippen LogP contribution in [-0.4, -0.2) is 29.1 Å². The highest BCUT2D eigenvalue weighted by Crippen LogP contribution is 2.31. The third kappa shape index (κ3) is 4.90. The van der Waals surface area contributed by atoms with E-state index < -0.39 is 0 Å². The van der Waals surface area contributed by atoms with Gasteiger partial charge in [-0.25, -0.2) is 9.38 Å². The summed E-state index contributed by atoms with van der Waals surface area (Å²) < 4.78 is 20.5. The van der Waals surface area contributed by atoms with Gasteiger partial charge in [-0.1, -0.05) is 53.2 Å². The van der Waals surface area contributed by atoms with Crippen LogP contribution in [0.4, 0.5) is 4.39 Å². The van der Waals surface area contributed by atoms with Gasteiger partial charge >= 0.3 is 0 Å². The average Bonchev–Trinajstić information content (AvgIpc) is 3.27. The van der Waals surface area contributed by atoms with Crippen molar-refractivity contribution >= 4 is 11.5 Å². The van der Waals surface area contributed by atoms with Crippen LogP contribution < -0.4 is 5.73 Å². The van der Waals surface area contributed by atoms with Crippen LogP contribution in [0.5, 0.6) is 0 Å². The molecule has 0 saturated carbocycles. The van der Waals surface area contributed by atoms with Gasteiger partial charge in [-0.2, -0.15) is 0 Å². The summed E-state index contributed by atoms with van der Waals surface area (Å²) in [5.74, 6) is 0.902. The van der Waals surface area contributed by atoms with E-state index in [2.05, 4.69) is 15.0 Å². The largest absolute Gasteiger partial charge is 0.370 e. The predicted octanol–water partition coefficient (Wildman–Crippen LogP) is 5.62. The Bertz CT molecular complexity index is 1120. The summed E-state index contributed by atoms with van der Waals surface area (Å²) in [6, 6.07) is 16.7. The Hall–Kier alpha value is -3.41. The van der Waals surface area contributed by atoms with E-state index in [1.807, 2.05) is 62.4 Å². The highest BCUT2D eigenvalue weighted by Gasteiger charge is 2.16. The zero-order valence-electron chi connectivity index (χ0n) is 18.6. The number of aliphatic imine (C=N–C) groups is 1. The molecule has 5 nitrogen and oxygen atoms in total. The van der Waals surface area contributed by atoms with Gasteiger partial charge in [0, 0.05) is 30.3 Å². The molecule has 2 aromatic carbocycles. The molecule has 0 spiro atoms. The molecule has 0 amide bonds. The molecule has 1 aliphatic heterocycles. The molecule has 6 heteroatoms. The van der Waals surface area contributed by atoms with Crippen LogP contribution in [0.15, 0.2) is 69.7 Å². The van der Waals surface area contributed by atoms with Crippen LogP contribution in [0, 0.1) is 5.82 Å². The Morgan fingerprint density at radius 1 is 1.06 bits per heavy atom. The number of aromatic nitrogens is 1. The quantitative estimate of drug-likeness (QED) is 0.419. The van der Waals surface area contributed by atoms with Crippen LogP contribution in [0.2, 0.25) is 0 Å². The van der Waals surface area contributed by atoms with Crippen molar-refractivity contribution in [3.8, 4) is 11.1 Å². The third-order valence-electron chi connectivity index (χ3n) is 5.73. The van der Waals surface area contributed by atoms with Gasteiger partial charge < -0.3 is 15.2 Å². The predicted molar refractivity (Wildman–Crippen MR) is 126 cm³/mol. The lowest BCUT2D eigenvalue weighted by Gasteiger charge is -2.27. The Morgan fingerprint density at radius 2 is 1.81 bits per heavy atom. The molecule has 0 atom stereocenters. The minimum atomic E-state index is -0.268. The smallest absolute Gasteiger partial charge is 0.191 e. The lowest BCUT2D eigenvalue weighted by atomic mass is 9.95. The highest BCUT2D eigenvalue weighted by atomic mass is 19.1. The molecule has 1 aliphatic rings. The summed E-state index contributed by atoms with van der Waals surface area (Å²) in [6.45, 7) is 6.19. The Morgan fingerprint density at radius 3 is 2.50 bits per heavy atom. The van der Waals surface area contributed by atoms with Crippen molar-refractivity contribution in [2.75, 3.05) is 13.1 Å². The summed E-state index contributed by atoms with van der Waals surface area (Å²) in [7, 11) is 0. The summed E-state index contributed by atoms with van der Waals surface area (Å²) in [5, 5.41) is 4.24. The number of likely N-dealkylation sites (tertiary alicyclic amines) is 1. The van der Waals surface area contributed by atoms with Crippen molar-refractivity contribution in [1.29, 1.82) is 0 Å². The molecule has 0 bridgehead atoms. The Kier molecular flexibility index (Phi) is 6.69. The van der Waals surface area contributed by atoms with Crippen LogP contribution in [0.1, 0.15) is 50.1 Å². The summed E-state index contributed by atoms with van der Waals surface area (Å²) in [6.07, 6.45) is 3.53. The van der Waals surface area contributed by atoms with Crippen molar-refractivity contribution in [2.24, 2.45) is 10.7 Å². The van der Waals surface area contributed by atoms with Crippen LogP contribution >= 0.6 is 0 Å². The molecule has 1 fully saturated rings. The van der Waals surface area contributed by atoms with Gasteiger partial charge in [0.2, 0.25) is 0 Å². The van der Waals surface area contributed by atoms with E-state index in [0.717, 1.165) is 48.2 Å². The number of nitrogens with zero attached hydrogens (tertiary/aromatic N) is 3. The van der Waals surface area contributed by atoms with Crippen molar-refractivity contribution in [2.45, 2.75) is 39.7 Å². The first-order chi connectivity index (χ1) is 15.5. The van der Waals surface area contributed by atoms with Gasteiger partial charge in [0.25, 0.3) is 0 Å². The van der Waals surface area contributed by atoms with Gasteiger partial charge in [0.1, 0.15) is 18.1 Å². The number of halogens is 1. The molecule has 1 aromatic heterocycles. The van der Waals surface area contributed by atoms with Crippen molar-refractivity contribution in [3.05, 3.63) is 83.0 Å². The third-order valence-corrected chi connectivity index (χ3v) is 5.73. The summed E-state index contributed by atoms with van der Waals surface area (Å²) in [4.78, 5) is 6.59. The summed E-state index contributed by atoms with van der Waals surface area (Å²) in [5.41, 5.74) is 10.9. The van der Waals surface area contributed by atoms with E-state index in [4.69, 9.17) is 10.3 Å². The first-order valence-corrected chi connectivity index (χ1v) is 11.1. The lowest BCUT2D eigenvalue weighted by Crippen LogP contribution is -2.40. The SMILES string of the molecule is CC(C)=C(c1ccc(-c2ccccc2)c(F)c1)c1cc(CN=C(N)N2CCCCC2)on1. The van der Waals surface area contributed by atoms with Gasteiger partial charge in [0.15, 0.2) is 11.7 Å². The molecule has 0 radical (unpaired) electrons. The monoisotopic (exact) mass is 432 g/mol. The van der Waals surface area contributed by atoms with E-state index in [9.17, 15) is 4.39 Å². The van der Waals surface area contributed by atoms with Crippen LogP contribution in [0.3, 0.4) is 0 Å². The van der Waals surface area contributed by atoms with E-state index in [1.54, 1.807) is 6.07 Å². The van der Waals surface area contributed by atoms with Crippen molar-refractivity contribution in [3.63, 3.8) is 0 Å². The maximum Gasteiger partial charge on any atom is 0.191 e. The number of nitrogens with two attached hydrogens (primary N) is 1. The lowest BCUT2D eigenvalue weighted by molar-refractivity contribution is 0.336. The maximum absolute atomic E-state index is 15.0. The first-order valence-electron chi connectivity index (χ1n) is 11.1. The fourth-order valence-electron chi connectivity index (χ4n) is 4.10. The minimum Gasteiger partial charge on any atom is -0.370 e. The normalized spacial score (nSPS) is 14.5. The second-order valence-corrected chi connectivity index (χ2v) is 8.34. The molecule has 1 saturated heterocycles. The number of hydrogen-bond acceptors (Lipinski definition) is 3. The second-order valence-electron chi connectivity index (χ2n) is 8.34. The number of guanidine groups is 1. The molecule has 32 heavy (non-hydrogen) atoms. The topological polar surface area (TPSA) is 67.7 Å². The molecular weight excluding hydrogens is 403 g/mol. The molecule has 0 unspecified atom stereocenters. The zero-order valence-corrected chi connectivity index (χ0v) is 18.6. The average molecular weight is 433 g/mol. The van der Waals surface area contributed by atoms with Gasteiger partial charge in [-0.3, -0.25) is 0 Å². The Labute approximate surface area is 188 Å². The molecule has 166 valence electrons. The number of benzene rings is 2. The van der Waals surface area contributed by atoms with E-state index in [0.29, 0.717) is 29.5 Å². The van der Waals surface area contributed by atoms with Crippen LogP contribution in [-0.2, 0) is 6.54 Å². The molecular formula is C26H29FN4O. The van der Waals surface area contributed by atoms with Crippen molar-refractivity contribution in [1.82, 2.24) is 10.1 Å². The van der Waals surface area contributed by atoms with Crippen LogP contribution in [0.25, 0.3) is 16.7 Å². The first kappa shape index (κ1) is 21.8. The Balaban J connectivity index is 1.55. The maximum atomic E-state index is 15.0.